The lowest BCUT2D eigenvalue weighted by Crippen LogP contribution is -1.91. The van der Waals surface area contributed by atoms with E-state index < -0.39 is 0 Å². The highest BCUT2D eigenvalue weighted by molar-refractivity contribution is 6.21. The number of rotatable bonds is 4. The van der Waals surface area contributed by atoms with E-state index in [4.69, 9.17) is 4.42 Å². The molecule has 1 aromatic heterocycles. The van der Waals surface area contributed by atoms with Crippen LogP contribution in [0.2, 0.25) is 0 Å². The maximum Gasteiger partial charge on any atom is 0.136 e. The molecule has 0 amide bonds. The summed E-state index contributed by atoms with van der Waals surface area (Å²) in [6.45, 7) is 0. The Morgan fingerprint density at radius 3 is 1.39 bits per heavy atom. The minimum absolute atomic E-state index is 0.917. The van der Waals surface area contributed by atoms with Crippen LogP contribution in [-0.2, 0) is 0 Å². The van der Waals surface area contributed by atoms with Crippen LogP contribution in [0.25, 0.3) is 98.8 Å². The molecule has 9 aromatic carbocycles. The van der Waals surface area contributed by atoms with Crippen molar-refractivity contribution in [3.63, 3.8) is 0 Å². The molecule has 49 heavy (non-hydrogen) atoms. The van der Waals surface area contributed by atoms with Gasteiger partial charge in [0.2, 0.25) is 0 Å². The van der Waals surface area contributed by atoms with Crippen molar-refractivity contribution in [1.82, 2.24) is 0 Å². The third-order valence-electron chi connectivity index (χ3n) is 10.1. The molecule has 0 spiro atoms. The van der Waals surface area contributed by atoms with E-state index in [0.29, 0.717) is 0 Å². The summed E-state index contributed by atoms with van der Waals surface area (Å²) in [5, 5.41) is 9.86. The molecule has 0 aliphatic heterocycles. The average Bonchev–Trinajstić information content (AvgIpc) is 3.56. The van der Waals surface area contributed by atoms with Crippen molar-refractivity contribution < 1.29 is 4.42 Å². The summed E-state index contributed by atoms with van der Waals surface area (Å²) >= 11 is 0. The van der Waals surface area contributed by atoms with Crippen molar-refractivity contribution in [3.05, 3.63) is 182 Å². The molecule has 0 fully saturated rings. The van der Waals surface area contributed by atoms with Gasteiger partial charge in [-0.25, -0.2) is 0 Å². The van der Waals surface area contributed by atoms with Gasteiger partial charge in [-0.05, 0) is 95.0 Å². The lowest BCUT2D eigenvalue weighted by molar-refractivity contribution is 0.669. The van der Waals surface area contributed by atoms with E-state index >= 15 is 0 Å². The molecule has 228 valence electrons. The molecule has 0 saturated heterocycles. The summed E-state index contributed by atoms with van der Waals surface area (Å²) in [6, 6.07) is 65.8. The predicted octanol–water partition coefficient (Wildman–Crippen LogP) is 13.7. The van der Waals surface area contributed by atoms with Gasteiger partial charge in [0.15, 0.2) is 0 Å². The van der Waals surface area contributed by atoms with Gasteiger partial charge >= 0.3 is 0 Å². The zero-order chi connectivity index (χ0) is 32.3. The first-order valence-electron chi connectivity index (χ1n) is 16.8. The van der Waals surface area contributed by atoms with Gasteiger partial charge in [0.05, 0.1) is 0 Å². The van der Waals surface area contributed by atoms with Crippen molar-refractivity contribution in [3.8, 4) is 44.5 Å². The SMILES string of the molecule is c1ccc2cc(-c3ccc(-c4c5ccccc5c(-c5ccc(-c6cccc7oc8ccccc8c67)cc5)c5ccccc45)cc3)ccc2c1. The molecule has 10 rings (SSSR count). The first-order valence-corrected chi connectivity index (χ1v) is 16.8. The fourth-order valence-electron chi connectivity index (χ4n) is 7.78. The monoisotopic (exact) mass is 622 g/mol. The van der Waals surface area contributed by atoms with Crippen molar-refractivity contribution in [2.45, 2.75) is 0 Å². The summed E-state index contributed by atoms with van der Waals surface area (Å²) < 4.78 is 6.20. The van der Waals surface area contributed by atoms with E-state index in [2.05, 4.69) is 170 Å². The summed E-state index contributed by atoms with van der Waals surface area (Å²) in [6.07, 6.45) is 0. The normalized spacial score (nSPS) is 11.7. The van der Waals surface area contributed by atoms with Crippen molar-refractivity contribution in [2.75, 3.05) is 0 Å². The van der Waals surface area contributed by atoms with Crippen LogP contribution in [0.5, 0.6) is 0 Å². The van der Waals surface area contributed by atoms with Crippen molar-refractivity contribution >= 4 is 54.3 Å². The second-order valence-corrected chi connectivity index (χ2v) is 12.8. The zero-order valence-electron chi connectivity index (χ0n) is 26.7. The van der Waals surface area contributed by atoms with Crippen LogP contribution in [0, 0.1) is 0 Å². The summed E-state index contributed by atoms with van der Waals surface area (Å²) in [5.41, 5.74) is 11.6. The summed E-state index contributed by atoms with van der Waals surface area (Å²) in [4.78, 5) is 0. The number of fused-ring (bicyclic) bond motifs is 6. The Labute approximate surface area is 284 Å². The first kappa shape index (κ1) is 27.7. The van der Waals surface area contributed by atoms with E-state index in [0.717, 1.165) is 21.9 Å². The molecular weight excluding hydrogens is 593 g/mol. The Morgan fingerprint density at radius 1 is 0.286 bits per heavy atom. The van der Waals surface area contributed by atoms with Crippen molar-refractivity contribution in [2.24, 2.45) is 0 Å². The smallest absolute Gasteiger partial charge is 0.136 e. The van der Waals surface area contributed by atoms with Gasteiger partial charge in [-0.3, -0.25) is 0 Å². The van der Waals surface area contributed by atoms with Crippen LogP contribution in [0.15, 0.2) is 186 Å². The molecular formula is C48H30O. The van der Waals surface area contributed by atoms with E-state index in [1.807, 2.05) is 12.1 Å². The van der Waals surface area contributed by atoms with Gasteiger partial charge < -0.3 is 4.42 Å². The molecule has 1 heteroatoms. The molecule has 1 nitrogen and oxygen atoms in total. The molecule has 0 N–H and O–H groups in total. The second kappa shape index (κ2) is 11.1. The van der Waals surface area contributed by atoms with E-state index in [1.54, 1.807) is 0 Å². The molecule has 0 atom stereocenters. The third-order valence-corrected chi connectivity index (χ3v) is 10.1. The van der Waals surface area contributed by atoms with E-state index in [9.17, 15) is 0 Å². The van der Waals surface area contributed by atoms with Crippen LogP contribution < -0.4 is 0 Å². The zero-order valence-corrected chi connectivity index (χ0v) is 26.7. The maximum absolute atomic E-state index is 6.20. The summed E-state index contributed by atoms with van der Waals surface area (Å²) in [5.74, 6) is 0. The van der Waals surface area contributed by atoms with Crippen LogP contribution >= 0.6 is 0 Å². The van der Waals surface area contributed by atoms with Crippen molar-refractivity contribution in [1.29, 1.82) is 0 Å². The third kappa shape index (κ3) is 4.47. The molecule has 1 heterocycles. The quantitative estimate of drug-likeness (QED) is 0.178. The molecule has 0 unspecified atom stereocenters. The molecule has 0 aliphatic carbocycles. The van der Waals surface area contributed by atoms with Gasteiger partial charge in [-0.2, -0.15) is 0 Å². The van der Waals surface area contributed by atoms with Gasteiger partial charge in [0.1, 0.15) is 11.2 Å². The van der Waals surface area contributed by atoms with Gasteiger partial charge in [0, 0.05) is 10.8 Å². The Hall–Kier alpha value is -6.44. The molecule has 0 aliphatic rings. The lowest BCUT2D eigenvalue weighted by Gasteiger charge is -2.18. The fraction of sp³-hybridized carbons (Fsp3) is 0. The number of benzene rings is 9. The molecule has 0 saturated carbocycles. The fourth-order valence-corrected chi connectivity index (χ4v) is 7.78. The Bertz CT molecular complexity index is 2800. The standard InChI is InChI=1S/C48H30O/c1-2-11-36-30-37(29-22-31(36)10-1)32-20-25-34(26-21-32)46-39-12-3-5-14-41(39)47(42-15-6-4-13-40(42)46)35-27-23-33(24-28-35)38-17-9-19-45-48(38)43-16-7-8-18-44(43)49-45/h1-30H. The Morgan fingerprint density at radius 2 is 0.755 bits per heavy atom. The minimum Gasteiger partial charge on any atom is -0.456 e. The highest BCUT2D eigenvalue weighted by Crippen LogP contribution is 2.45. The predicted molar refractivity (Wildman–Crippen MR) is 208 cm³/mol. The minimum atomic E-state index is 0.917. The molecule has 0 bridgehead atoms. The Balaban J connectivity index is 1.11. The van der Waals surface area contributed by atoms with Gasteiger partial charge in [-0.15, -0.1) is 0 Å². The molecule has 0 radical (unpaired) electrons. The van der Waals surface area contributed by atoms with Gasteiger partial charge in [0.25, 0.3) is 0 Å². The number of hydrogen-bond donors (Lipinski definition) is 0. The van der Waals surface area contributed by atoms with Gasteiger partial charge in [-0.1, -0.05) is 164 Å². The number of hydrogen-bond acceptors (Lipinski definition) is 1. The topological polar surface area (TPSA) is 13.1 Å². The number of furan rings is 1. The second-order valence-electron chi connectivity index (χ2n) is 12.8. The van der Waals surface area contributed by atoms with Crippen LogP contribution in [0.1, 0.15) is 0 Å². The van der Waals surface area contributed by atoms with E-state index in [-0.39, 0.29) is 0 Å². The lowest BCUT2D eigenvalue weighted by atomic mass is 9.85. The van der Waals surface area contributed by atoms with Crippen LogP contribution in [-0.4, -0.2) is 0 Å². The van der Waals surface area contributed by atoms with Crippen LogP contribution in [0.4, 0.5) is 0 Å². The Kier molecular flexibility index (Phi) is 6.25. The summed E-state index contributed by atoms with van der Waals surface area (Å²) in [7, 11) is 0. The highest BCUT2D eigenvalue weighted by Gasteiger charge is 2.17. The molecule has 10 aromatic rings. The average molecular weight is 623 g/mol. The van der Waals surface area contributed by atoms with E-state index in [1.165, 1.54) is 76.8 Å². The number of para-hydroxylation sites is 1. The van der Waals surface area contributed by atoms with Crippen LogP contribution in [0.3, 0.4) is 0 Å². The highest BCUT2D eigenvalue weighted by atomic mass is 16.3. The maximum atomic E-state index is 6.20. The first-order chi connectivity index (χ1) is 24.3. The largest absolute Gasteiger partial charge is 0.456 e.